The van der Waals surface area contributed by atoms with Crippen LogP contribution >= 0.6 is 23.5 Å². The minimum atomic E-state index is -5.46. The Kier molecular flexibility index (Phi) is 16.7. The van der Waals surface area contributed by atoms with E-state index >= 15 is 0 Å². The summed E-state index contributed by atoms with van der Waals surface area (Å²) < 4.78 is 36.4. The summed E-state index contributed by atoms with van der Waals surface area (Å²) in [6.07, 6.45) is 0. The Hall–Kier alpha value is 2.93. The molecule has 0 spiro atoms. The molecule has 16 heteroatoms. The number of rotatable bonds is 4. The van der Waals surface area contributed by atoms with E-state index in [1.54, 1.807) is 0 Å². The summed E-state index contributed by atoms with van der Waals surface area (Å²) >= 11 is 0. The predicted octanol–water partition coefficient (Wildman–Crippen LogP) is -6.46. The van der Waals surface area contributed by atoms with Crippen LogP contribution in [0.4, 0.5) is 0 Å². The quantitative estimate of drug-likeness (QED) is 0.239. The molecule has 0 bridgehead atoms. The van der Waals surface area contributed by atoms with Crippen molar-refractivity contribution in [3.63, 3.8) is 0 Å². The smallest absolute Gasteiger partial charge is 1.00 e. The number of hydrogen-bond donors (Lipinski definition) is 5. The second kappa shape index (κ2) is 9.77. The van der Waals surface area contributed by atoms with Crippen molar-refractivity contribution in [2.45, 2.75) is 0 Å². The van der Waals surface area contributed by atoms with Gasteiger partial charge in [0.1, 0.15) is 0 Å². The van der Waals surface area contributed by atoms with Crippen LogP contribution in [0.3, 0.4) is 0 Å². The minimum absolute atomic E-state index is 0. The average Bonchev–Trinajstić information content (AvgIpc) is 1.43. The molecule has 0 heterocycles. The third-order valence-corrected chi connectivity index (χ3v) is 3.77. The van der Waals surface area contributed by atoms with Crippen LogP contribution < -0.4 is 59.1 Å². The zero-order valence-corrected chi connectivity index (χ0v) is 15.8. The van der Waals surface area contributed by atoms with E-state index in [-0.39, 0.29) is 79.0 Å². The van der Waals surface area contributed by atoms with Gasteiger partial charge in [0.15, 0.2) is 0 Å². The standard InChI is InChI=1S/Fe.2Na.H5O10P3.2H/c;;;1-11(2,3)9-13(7,8)10-12(4,5)6;;/h;;;(H,7,8)(H2,1,2,3)(H2,4,5,6);;/q;2*+1;;2*-1. The van der Waals surface area contributed by atoms with Gasteiger partial charge in [0, 0.05) is 17.1 Å². The van der Waals surface area contributed by atoms with Gasteiger partial charge in [-0.1, -0.05) is 0 Å². The number of phosphoric acid groups is 3. The molecule has 0 atom stereocenters. The van der Waals surface area contributed by atoms with Gasteiger partial charge in [-0.25, -0.2) is 13.7 Å². The van der Waals surface area contributed by atoms with Crippen molar-refractivity contribution in [3.8, 4) is 0 Å². The second-order valence-electron chi connectivity index (χ2n) is 1.61. The Labute approximate surface area is 148 Å². The Bertz CT molecular complexity index is 295. The van der Waals surface area contributed by atoms with Crippen LogP contribution in [0.1, 0.15) is 2.85 Å². The van der Waals surface area contributed by atoms with Crippen LogP contribution in [0.5, 0.6) is 0 Å². The largest absolute Gasteiger partial charge is 1.00 e. The Morgan fingerprint density at radius 2 is 0.938 bits per heavy atom. The first kappa shape index (κ1) is 27.3. The van der Waals surface area contributed by atoms with Crippen molar-refractivity contribution >= 4 is 23.5 Å². The first-order valence-corrected chi connectivity index (χ1v) is 6.83. The summed E-state index contributed by atoms with van der Waals surface area (Å²) in [5.74, 6) is 0. The SMILES string of the molecule is O=P(O)(O)OP(=O)(O)OP(=O)(O)O.[Fe].[H-].[H-].[Na+].[Na+]. The van der Waals surface area contributed by atoms with Crippen LogP contribution in [-0.4, -0.2) is 24.5 Å². The van der Waals surface area contributed by atoms with Crippen molar-refractivity contribution in [3.05, 3.63) is 0 Å². The molecule has 16 heavy (non-hydrogen) atoms. The van der Waals surface area contributed by atoms with E-state index in [0.717, 1.165) is 0 Å². The molecule has 10 nitrogen and oxygen atoms in total. The maximum absolute atomic E-state index is 10.4. The molecule has 92 valence electrons. The van der Waals surface area contributed by atoms with Crippen LogP contribution in [-0.2, 0) is 39.4 Å². The van der Waals surface area contributed by atoms with Gasteiger partial charge in [-0.05, 0) is 0 Å². The predicted molar refractivity (Wildman–Crippen MR) is 38.3 cm³/mol. The summed E-state index contributed by atoms with van der Waals surface area (Å²) in [4.78, 5) is 40.2. The zero-order chi connectivity index (χ0) is 10.9. The first-order valence-electron chi connectivity index (χ1n) is 2.28. The minimum Gasteiger partial charge on any atom is -1.00 e. The van der Waals surface area contributed by atoms with Gasteiger partial charge in [0.2, 0.25) is 0 Å². The Balaban J connectivity index is -0.0000000720. The summed E-state index contributed by atoms with van der Waals surface area (Å²) in [7, 11) is -16.2. The molecular weight excluding hydrogens is 355 g/mol. The van der Waals surface area contributed by atoms with E-state index in [1.807, 2.05) is 0 Å². The summed E-state index contributed by atoms with van der Waals surface area (Å²) in [5, 5.41) is 0. The van der Waals surface area contributed by atoms with Crippen LogP contribution in [0.25, 0.3) is 0 Å². The monoisotopic (exact) mass is 362 g/mol. The fourth-order valence-electron chi connectivity index (χ4n) is 0.284. The Morgan fingerprint density at radius 3 is 1.06 bits per heavy atom. The molecule has 5 N–H and O–H groups in total. The summed E-state index contributed by atoms with van der Waals surface area (Å²) in [6, 6.07) is 0. The normalized spacial score (nSPS) is 11.8. The number of hydrogen-bond acceptors (Lipinski definition) is 5. The third kappa shape index (κ3) is 19.3. The molecule has 0 radical (unpaired) electrons. The maximum atomic E-state index is 10.4. The van der Waals surface area contributed by atoms with Gasteiger partial charge < -0.3 is 27.3 Å². The molecule has 0 saturated carbocycles. The Morgan fingerprint density at radius 1 is 0.750 bits per heavy atom. The van der Waals surface area contributed by atoms with Crippen LogP contribution in [0.2, 0.25) is 0 Å². The molecule has 0 aromatic heterocycles. The van der Waals surface area contributed by atoms with Crippen molar-refractivity contribution in [2.24, 2.45) is 0 Å². The molecule has 0 amide bonds. The van der Waals surface area contributed by atoms with E-state index in [4.69, 9.17) is 24.5 Å². The molecule has 0 fully saturated rings. The van der Waals surface area contributed by atoms with Crippen LogP contribution in [0.15, 0.2) is 0 Å². The van der Waals surface area contributed by atoms with Gasteiger partial charge in [-0.2, -0.15) is 8.62 Å². The molecule has 0 rings (SSSR count). The molecule has 0 unspecified atom stereocenters. The van der Waals surface area contributed by atoms with Crippen molar-refractivity contribution in [1.82, 2.24) is 0 Å². The summed E-state index contributed by atoms with van der Waals surface area (Å²) in [5.41, 5.74) is 0. The molecule has 0 aromatic carbocycles. The van der Waals surface area contributed by atoms with E-state index in [1.165, 1.54) is 0 Å². The summed E-state index contributed by atoms with van der Waals surface area (Å²) in [6.45, 7) is 0. The first-order chi connectivity index (χ1) is 5.41. The van der Waals surface area contributed by atoms with Gasteiger partial charge in [-0.3, -0.25) is 0 Å². The van der Waals surface area contributed by atoms with Crippen molar-refractivity contribution in [2.75, 3.05) is 0 Å². The molecular formula is H7FeNa2O10P3. The van der Waals surface area contributed by atoms with Gasteiger partial charge in [-0.15, -0.1) is 0 Å². The fraction of sp³-hybridized carbons (Fsp3) is 0. The topological polar surface area (TPSA) is 171 Å². The third-order valence-electron chi connectivity index (χ3n) is 0.419. The second-order valence-corrected chi connectivity index (χ2v) is 5.82. The van der Waals surface area contributed by atoms with E-state index in [2.05, 4.69) is 8.62 Å². The molecule has 0 aromatic rings. The molecule has 0 aliphatic heterocycles. The van der Waals surface area contributed by atoms with Crippen molar-refractivity contribution < 1.29 is 126 Å². The average molecular weight is 362 g/mol. The molecule has 0 saturated heterocycles. The van der Waals surface area contributed by atoms with Gasteiger partial charge in [0.05, 0.1) is 0 Å². The van der Waals surface area contributed by atoms with Crippen molar-refractivity contribution in [1.29, 1.82) is 0 Å². The molecule has 0 aliphatic carbocycles. The van der Waals surface area contributed by atoms with E-state index in [9.17, 15) is 13.7 Å². The van der Waals surface area contributed by atoms with E-state index < -0.39 is 23.5 Å². The van der Waals surface area contributed by atoms with Gasteiger partial charge >= 0.3 is 82.6 Å². The maximum Gasteiger partial charge on any atom is 1.00 e. The fourth-order valence-corrected chi connectivity index (χ4v) is 2.82. The van der Waals surface area contributed by atoms with E-state index in [0.29, 0.717) is 0 Å². The van der Waals surface area contributed by atoms with Crippen LogP contribution in [0, 0.1) is 0 Å². The molecule has 0 aliphatic rings. The van der Waals surface area contributed by atoms with Gasteiger partial charge in [0.25, 0.3) is 0 Å². The zero-order valence-electron chi connectivity index (χ0n) is 9.97.